The molecule has 3 heterocycles. The van der Waals surface area contributed by atoms with Crippen molar-refractivity contribution in [2.75, 3.05) is 32.7 Å². The van der Waals surface area contributed by atoms with Crippen LogP contribution in [0, 0.1) is 0 Å². The van der Waals surface area contributed by atoms with Gasteiger partial charge in [0, 0.05) is 65.8 Å². The summed E-state index contributed by atoms with van der Waals surface area (Å²) in [5.41, 5.74) is 4.39. The SMILES string of the molecule is Cl.O=C(c1ccc2[nH]cc(-c3cccs3)c2c1)N1CCN(CCc2ccccc2)CC1. The van der Waals surface area contributed by atoms with Crippen LogP contribution >= 0.6 is 23.7 Å². The molecule has 1 N–H and O–H groups in total. The Morgan fingerprint density at radius 1 is 0.968 bits per heavy atom. The first-order valence-electron chi connectivity index (χ1n) is 10.5. The fourth-order valence-corrected chi connectivity index (χ4v) is 4.94. The lowest BCUT2D eigenvalue weighted by atomic mass is 10.1. The van der Waals surface area contributed by atoms with Gasteiger partial charge >= 0.3 is 0 Å². The highest BCUT2D eigenvalue weighted by atomic mass is 35.5. The van der Waals surface area contributed by atoms with E-state index in [1.165, 1.54) is 16.0 Å². The highest BCUT2D eigenvalue weighted by Gasteiger charge is 2.22. The zero-order chi connectivity index (χ0) is 20.3. The number of halogens is 1. The Bertz CT molecular complexity index is 1130. The van der Waals surface area contributed by atoms with Crippen molar-refractivity contribution in [3.05, 3.63) is 83.4 Å². The number of nitrogens with one attached hydrogen (secondary N) is 1. The number of hydrogen-bond donors (Lipinski definition) is 1. The number of nitrogens with zero attached hydrogens (tertiary/aromatic N) is 2. The average molecular weight is 452 g/mol. The number of aromatic nitrogens is 1. The number of H-pyrrole nitrogens is 1. The van der Waals surface area contributed by atoms with Crippen molar-refractivity contribution in [3.63, 3.8) is 0 Å². The van der Waals surface area contributed by atoms with Crippen LogP contribution in [0.5, 0.6) is 0 Å². The molecule has 2 aromatic heterocycles. The van der Waals surface area contributed by atoms with Crippen molar-refractivity contribution in [2.45, 2.75) is 6.42 Å². The molecule has 6 heteroatoms. The predicted octanol–water partition coefficient (Wildman–Crippen LogP) is 5.32. The summed E-state index contributed by atoms with van der Waals surface area (Å²) in [7, 11) is 0. The second-order valence-corrected chi connectivity index (χ2v) is 8.76. The molecule has 1 amide bonds. The molecule has 1 aliphatic rings. The van der Waals surface area contributed by atoms with Gasteiger partial charge in [-0.3, -0.25) is 9.69 Å². The van der Waals surface area contributed by atoms with Crippen LogP contribution in [0.1, 0.15) is 15.9 Å². The highest BCUT2D eigenvalue weighted by molar-refractivity contribution is 7.13. The number of aromatic amines is 1. The largest absolute Gasteiger partial charge is 0.361 e. The van der Waals surface area contributed by atoms with E-state index in [4.69, 9.17) is 0 Å². The number of hydrogen-bond acceptors (Lipinski definition) is 3. The molecule has 1 aliphatic heterocycles. The van der Waals surface area contributed by atoms with E-state index in [0.717, 1.165) is 55.6 Å². The number of piperazine rings is 1. The molecule has 0 saturated carbocycles. The molecule has 5 rings (SSSR count). The minimum absolute atomic E-state index is 0. The molecule has 1 saturated heterocycles. The van der Waals surface area contributed by atoms with Crippen molar-refractivity contribution in [1.82, 2.24) is 14.8 Å². The van der Waals surface area contributed by atoms with Crippen molar-refractivity contribution in [3.8, 4) is 10.4 Å². The first-order chi connectivity index (χ1) is 14.8. The number of thiophene rings is 1. The van der Waals surface area contributed by atoms with E-state index in [2.05, 4.69) is 57.7 Å². The Labute approximate surface area is 192 Å². The van der Waals surface area contributed by atoms with Crippen molar-refractivity contribution >= 4 is 40.6 Å². The molecular weight excluding hydrogens is 426 g/mol. The van der Waals surface area contributed by atoms with Gasteiger partial charge in [-0.15, -0.1) is 23.7 Å². The summed E-state index contributed by atoms with van der Waals surface area (Å²) in [6.45, 7) is 4.50. The van der Waals surface area contributed by atoms with E-state index in [1.54, 1.807) is 11.3 Å². The Morgan fingerprint density at radius 2 is 1.77 bits per heavy atom. The number of carbonyl (C=O) groups excluding carboxylic acids is 1. The lowest BCUT2D eigenvalue weighted by Gasteiger charge is -2.34. The summed E-state index contributed by atoms with van der Waals surface area (Å²) < 4.78 is 0. The van der Waals surface area contributed by atoms with Crippen LogP contribution in [-0.4, -0.2) is 53.4 Å². The van der Waals surface area contributed by atoms with Crippen molar-refractivity contribution in [1.29, 1.82) is 0 Å². The van der Waals surface area contributed by atoms with Crippen molar-refractivity contribution < 1.29 is 4.79 Å². The van der Waals surface area contributed by atoms with Gasteiger partial charge < -0.3 is 9.88 Å². The zero-order valence-corrected chi connectivity index (χ0v) is 18.9. The molecule has 0 atom stereocenters. The molecule has 0 aliphatic carbocycles. The van der Waals surface area contributed by atoms with Gasteiger partial charge in [0.1, 0.15) is 0 Å². The van der Waals surface area contributed by atoms with Crippen LogP contribution in [0.2, 0.25) is 0 Å². The normalized spacial score (nSPS) is 14.5. The Morgan fingerprint density at radius 3 is 2.52 bits per heavy atom. The monoisotopic (exact) mass is 451 g/mol. The average Bonchev–Trinajstić information content (AvgIpc) is 3.47. The molecular formula is C25H26ClN3OS. The van der Waals surface area contributed by atoms with E-state index in [-0.39, 0.29) is 18.3 Å². The third-order valence-corrected chi connectivity index (χ3v) is 6.84. The lowest BCUT2D eigenvalue weighted by molar-refractivity contribution is 0.0638. The number of benzene rings is 2. The van der Waals surface area contributed by atoms with Crippen molar-refractivity contribution in [2.24, 2.45) is 0 Å². The van der Waals surface area contributed by atoms with Crippen LogP contribution < -0.4 is 0 Å². The number of fused-ring (bicyclic) bond motifs is 1. The van der Waals surface area contributed by atoms with Gasteiger partial charge in [0.2, 0.25) is 0 Å². The molecule has 31 heavy (non-hydrogen) atoms. The fourth-order valence-electron chi connectivity index (χ4n) is 4.18. The van der Waals surface area contributed by atoms with E-state index >= 15 is 0 Å². The molecule has 4 nitrogen and oxygen atoms in total. The van der Waals surface area contributed by atoms with Gasteiger partial charge in [-0.1, -0.05) is 36.4 Å². The second-order valence-electron chi connectivity index (χ2n) is 7.81. The summed E-state index contributed by atoms with van der Waals surface area (Å²) >= 11 is 1.72. The van der Waals surface area contributed by atoms with Gasteiger partial charge in [-0.25, -0.2) is 0 Å². The third-order valence-electron chi connectivity index (χ3n) is 5.93. The van der Waals surface area contributed by atoms with Gasteiger partial charge in [0.15, 0.2) is 0 Å². The maximum absolute atomic E-state index is 13.1. The van der Waals surface area contributed by atoms with Crippen LogP contribution in [0.25, 0.3) is 21.3 Å². The zero-order valence-electron chi connectivity index (χ0n) is 17.3. The maximum atomic E-state index is 13.1. The number of carbonyl (C=O) groups is 1. The van der Waals surface area contributed by atoms with E-state index < -0.39 is 0 Å². The maximum Gasteiger partial charge on any atom is 0.253 e. The predicted molar refractivity (Wildman–Crippen MR) is 131 cm³/mol. The fraction of sp³-hybridized carbons (Fsp3) is 0.240. The lowest BCUT2D eigenvalue weighted by Crippen LogP contribution is -2.49. The third kappa shape index (κ3) is 4.69. The molecule has 160 valence electrons. The molecule has 0 spiro atoms. The van der Waals surface area contributed by atoms with Crippen LogP contribution in [0.4, 0.5) is 0 Å². The minimum Gasteiger partial charge on any atom is -0.361 e. The van der Waals surface area contributed by atoms with E-state index in [0.29, 0.717) is 0 Å². The molecule has 0 bridgehead atoms. The van der Waals surface area contributed by atoms with E-state index in [1.807, 2.05) is 29.3 Å². The molecule has 1 fully saturated rings. The summed E-state index contributed by atoms with van der Waals surface area (Å²) in [4.78, 5) is 22.2. The topological polar surface area (TPSA) is 39.3 Å². The minimum atomic E-state index is 0. The smallest absolute Gasteiger partial charge is 0.253 e. The first kappa shape index (κ1) is 21.6. The number of amides is 1. The summed E-state index contributed by atoms with van der Waals surface area (Å²) in [6.07, 6.45) is 3.10. The van der Waals surface area contributed by atoms with Gasteiger partial charge in [-0.05, 0) is 41.6 Å². The molecule has 0 radical (unpaired) electrons. The summed E-state index contributed by atoms with van der Waals surface area (Å²) in [6, 6.07) is 20.8. The van der Waals surface area contributed by atoms with Gasteiger partial charge in [0.25, 0.3) is 5.91 Å². The van der Waals surface area contributed by atoms with Gasteiger partial charge in [-0.2, -0.15) is 0 Å². The van der Waals surface area contributed by atoms with Crippen LogP contribution in [-0.2, 0) is 6.42 Å². The Balaban J connectivity index is 0.00000231. The Hall–Kier alpha value is -2.60. The van der Waals surface area contributed by atoms with Crippen LogP contribution in [0.3, 0.4) is 0 Å². The standard InChI is InChI=1S/C25H25N3OS.ClH/c29-25(28-14-12-27(13-15-28)11-10-19-5-2-1-3-6-19)20-8-9-23-21(17-20)22(18-26-23)24-7-4-16-30-24;/h1-9,16-18,26H,10-15H2;1H. The molecule has 4 aromatic rings. The summed E-state index contributed by atoms with van der Waals surface area (Å²) in [5.74, 6) is 0.137. The summed E-state index contributed by atoms with van der Waals surface area (Å²) in [5, 5.41) is 3.20. The number of rotatable bonds is 5. The first-order valence-corrected chi connectivity index (χ1v) is 11.4. The van der Waals surface area contributed by atoms with Crippen LogP contribution in [0.15, 0.2) is 72.2 Å². The molecule has 2 aromatic carbocycles. The molecule has 0 unspecified atom stereocenters. The highest BCUT2D eigenvalue weighted by Crippen LogP contribution is 2.32. The Kier molecular flexibility index (Phi) is 6.76. The quantitative estimate of drug-likeness (QED) is 0.446. The second kappa shape index (κ2) is 9.69. The van der Waals surface area contributed by atoms with Gasteiger partial charge in [0.05, 0.1) is 0 Å². The van der Waals surface area contributed by atoms with E-state index in [9.17, 15) is 4.79 Å².